The summed E-state index contributed by atoms with van der Waals surface area (Å²) in [6, 6.07) is 3.95. The molecule has 0 unspecified atom stereocenters. The van der Waals surface area contributed by atoms with Crippen molar-refractivity contribution in [3.8, 4) is 5.88 Å². The molecule has 2 fully saturated rings. The number of rotatable bonds is 4. The lowest BCUT2D eigenvalue weighted by Gasteiger charge is -2.26. The zero-order chi connectivity index (χ0) is 16.1. The molecule has 0 bridgehead atoms. The Morgan fingerprint density at radius 3 is 2.96 bits per heavy atom. The summed E-state index contributed by atoms with van der Waals surface area (Å²) in [5, 5.41) is 3.46. The Bertz CT molecular complexity index is 552. The Hall–Kier alpha value is -1.78. The summed E-state index contributed by atoms with van der Waals surface area (Å²) < 4.78 is 5.19. The van der Waals surface area contributed by atoms with Crippen molar-refractivity contribution >= 4 is 5.96 Å². The predicted molar refractivity (Wildman–Crippen MR) is 92.7 cm³/mol. The van der Waals surface area contributed by atoms with E-state index in [0.717, 1.165) is 24.6 Å². The highest BCUT2D eigenvalue weighted by Crippen LogP contribution is 2.45. The van der Waals surface area contributed by atoms with Crippen LogP contribution in [0.5, 0.6) is 5.88 Å². The van der Waals surface area contributed by atoms with E-state index in [1.807, 2.05) is 12.1 Å². The lowest BCUT2D eigenvalue weighted by molar-refractivity contribution is 0.309. The van der Waals surface area contributed by atoms with Crippen LogP contribution in [-0.4, -0.2) is 42.6 Å². The molecule has 1 aromatic heterocycles. The molecule has 1 aromatic rings. The second-order valence-electron chi connectivity index (χ2n) is 6.76. The second-order valence-corrected chi connectivity index (χ2v) is 6.76. The maximum absolute atomic E-state index is 5.19. The van der Waals surface area contributed by atoms with E-state index in [-0.39, 0.29) is 0 Å². The molecule has 0 radical (unpaired) electrons. The van der Waals surface area contributed by atoms with Crippen LogP contribution in [0.2, 0.25) is 0 Å². The molecule has 1 saturated carbocycles. The van der Waals surface area contributed by atoms with Gasteiger partial charge in [-0.1, -0.05) is 12.8 Å². The highest BCUT2D eigenvalue weighted by Gasteiger charge is 2.41. The number of ether oxygens (including phenoxy) is 1. The van der Waals surface area contributed by atoms with Crippen molar-refractivity contribution < 1.29 is 4.74 Å². The van der Waals surface area contributed by atoms with E-state index < -0.39 is 0 Å². The molecule has 0 atom stereocenters. The number of methoxy groups -OCH3 is 1. The summed E-state index contributed by atoms with van der Waals surface area (Å²) in [6.07, 6.45) is 8.69. The average molecular weight is 316 g/mol. The van der Waals surface area contributed by atoms with Gasteiger partial charge >= 0.3 is 0 Å². The van der Waals surface area contributed by atoms with Gasteiger partial charge in [-0.15, -0.1) is 0 Å². The monoisotopic (exact) mass is 316 g/mol. The van der Waals surface area contributed by atoms with Gasteiger partial charge in [0.05, 0.1) is 13.7 Å². The van der Waals surface area contributed by atoms with E-state index in [2.05, 4.69) is 22.1 Å². The molecule has 23 heavy (non-hydrogen) atoms. The zero-order valence-corrected chi connectivity index (χ0v) is 14.3. The quantitative estimate of drug-likeness (QED) is 0.685. The molecule has 1 aliphatic carbocycles. The van der Waals surface area contributed by atoms with Gasteiger partial charge in [0.1, 0.15) is 0 Å². The van der Waals surface area contributed by atoms with Crippen LogP contribution in [0.15, 0.2) is 23.3 Å². The molecule has 2 aliphatic rings. The molecule has 0 amide bonds. The van der Waals surface area contributed by atoms with Crippen molar-refractivity contribution in [1.82, 2.24) is 15.2 Å². The molecule has 2 heterocycles. The fourth-order valence-electron chi connectivity index (χ4n) is 3.90. The van der Waals surface area contributed by atoms with Crippen LogP contribution in [0.1, 0.15) is 44.6 Å². The van der Waals surface area contributed by atoms with Crippen LogP contribution in [0, 0.1) is 5.41 Å². The second kappa shape index (κ2) is 7.20. The fourth-order valence-corrected chi connectivity index (χ4v) is 3.90. The lowest BCUT2D eigenvalue weighted by atomic mass is 9.86. The number of pyridine rings is 1. The van der Waals surface area contributed by atoms with Crippen molar-refractivity contribution in [2.45, 2.75) is 45.6 Å². The molecule has 126 valence electrons. The maximum atomic E-state index is 5.19. The van der Waals surface area contributed by atoms with Gasteiger partial charge in [0.15, 0.2) is 5.96 Å². The number of likely N-dealkylation sites (tertiary alicyclic amines) is 1. The van der Waals surface area contributed by atoms with Crippen molar-refractivity contribution in [1.29, 1.82) is 0 Å². The predicted octanol–water partition coefficient (Wildman–Crippen LogP) is 2.82. The number of hydrogen-bond acceptors (Lipinski definition) is 3. The molecule has 1 N–H and O–H groups in total. The van der Waals surface area contributed by atoms with Gasteiger partial charge in [0.25, 0.3) is 0 Å². The number of aromatic nitrogens is 1. The van der Waals surface area contributed by atoms with Crippen LogP contribution in [0.3, 0.4) is 0 Å². The Kier molecular flexibility index (Phi) is 5.03. The summed E-state index contributed by atoms with van der Waals surface area (Å²) in [7, 11) is 1.64. The van der Waals surface area contributed by atoms with Crippen LogP contribution < -0.4 is 10.1 Å². The van der Waals surface area contributed by atoms with Crippen molar-refractivity contribution in [3.63, 3.8) is 0 Å². The Balaban J connectivity index is 1.68. The van der Waals surface area contributed by atoms with Gasteiger partial charge in [-0.05, 0) is 43.2 Å². The van der Waals surface area contributed by atoms with E-state index >= 15 is 0 Å². The lowest BCUT2D eigenvalue weighted by Crippen LogP contribution is -2.41. The number of nitrogens with zero attached hydrogens (tertiary/aromatic N) is 3. The first-order valence-electron chi connectivity index (χ1n) is 8.77. The minimum absolute atomic E-state index is 0.566. The molecule has 5 heteroatoms. The highest BCUT2D eigenvalue weighted by atomic mass is 16.5. The maximum Gasteiger partial charge on any atom is 0.213 e. The molecule has 1 aliphatic heterocycles. The molecule has 1 saturated heterocycles. The first-order valence-corrected chi connectivity index (χ1v) is 8.77. The summed E-state index contributed by atoms with van der Waals surface area (Å²) in [6.45, 7) is 5.99. The molecule has 1 spiro atoms. The SMILES string of the molecule is CCNC(=NCc1ccnc(OC)c1)N1CCC2(CCCC2)C1. The first-order chi connectivity index (χ1) is 11.2. The third-order valence-corrected chi connectivity index (χ3v) is 5.16. The van der Waals surface area contributed by atoms with E-state index in [1.165, 1.54) is 38.6 Å². The van der Waals surface area contributed by atoms with Crippen LogP contribution in [0.25, 0.3) is 0 Å². The molecule has 3 rings (SSSR count). The largest absolute Gasteiger partial charge is 0.481 e. The van der Waals surface area contributed by atoms with E-state index in [9.17, 15) is 0 Å². The van der Waals surface area contributed by atoms with Crippen molar-refractivity contribution in [3.05, 3.63) is 23.9 Å². The van der Waals surface area contributed by atoms with Gasteiger partial charge in [-0.3, -0.25) is 0 Å². The van der Waals surface area contributed by atoms with Crippen LogP contribution in [-0.2, 0) is 6.54 Å². The van der Waals surface area contributed by atoms with Gasteiger partial charge in [0.2, 0.25) is 5.88 Å². The van der Waals surface area contributed by atoms with Gasteiger partial charge in [-0.2, -0.15) is 0 Å². The van der Waals surface area contributed by atoms with Crippen molar-refractivity contribution in [2.24, 2.45) is 10.4 Å². The smallest absolute Gasteiger partial charge is 0.213 e. The molecular weight excluding hydrogens is 288 g/mol. The number of aliphatic imine (C=N–C) groups is 1. The molecule has 0 aromatic carbocycles. The number of guanidine groups is 1. The van der Waals surface area contributed by atoms with Crippen LogP contribution >= 0.6 is 0 Å². The Morgan fingerprint density at radius 2 is 2.22 bits per heavy atom. The normalized spacial score (nSPS) is 20.3. The van der Waals surface area contributed by atoms with Gasteiger partial charge < -0.3 is 15.0 Å². The Morgan fingerprint density at radius 1 is 1.39 bits per heavy atom. The van der Waals surface area contributed by atoms with Gasteiger partial charge in [0, 0.05) is 31.9 Å². The fraction of sp³-hybridized carbons (Fsp3) is 0.667. The topological polar surface area (TPSA) is 49.8 Å². The van der Waals surface area contributed by atoms with Crippen molar-refractivity contribution in [2.75, 3.05) is 26.7 Å². The molecule has 5 nitrogen and oxygen atoms in total. The third-order valence-electron chi connectivity index (χ3n) is 5.16. The summed E-state index contributed by atoms with van der Waals surface area (Å²) >= 11 is 0. The summed E-state index contributed by atoms with van der Waals surface area (Å²) in [5.41, 5.74) is 1.69. The summed E-state index contributed by atoms with van der Waals surface area (Å²) in [4.78, 5) is 11.4. The minimum Gasteiger partial charge on any atom is -0.481 e. The molecular formula is C18H28N4O. The van der Waals surface area contributed by atoms with E-state index in [0.29, 0.717) is 17.8 Å². The minimum atomic E-state index is 0.566. The summed E-state index contributed by atoms with van der Waals surface area (Å²) in [5.74, 6) is 1.70. The van der Waals surface area contributed by atoms with Gasteiger partial charge in [-0.25, -0.2) is 9.98 Å². The van der Waals surface area contributed by atoms with E-state index in [4.69, 9.17) is 9.73 Å². The Labute approximate surface area is 139 Å². The zero-order valence-electron chi connectivity index (χ0n) is 14.3. The highest BCUT2D eigenvalue weighted by molar-refractivity contribution is 5.80. The average Bonchev–Trinajstić information content (AvgIpc) is 3.22. The standard InChI is InChI=1S/C18H28N4O/c1-3-19-17(21-13-15-6-10-20-16(12-15)23-2)22-11-9-18(14-22)7-4-5-8-18/h6,10,12H,3-5,7-9,11,13-14H2,1-2H3,(H,19,21). The van der Waals surface area contributed by atoms with E-state index in [1.54, 1.807) is 13.3 Å². The van der Waals surface area contributed by atoms with Crippen LogP contribution in [0.4, 0.5) is 0 Å². The number of hydrogen-bond donors (Lipinski definition) is 1. The number of nitrogens with one attached hydrogen (secondary N) is 1. The third kappa shape index (κ3) is 3.77. The first kappa shape index (κ1) is 16.1.